The molecule has 14 rings (SSSR count). The quantitative estimate of drug-likeness (QED) is 0.173. The fourth-order valence-corrected chi connectivity index (χ4v) is 11.1. The summed E-state index contributed by atoms with van der Waals surface area (Å²) in [7, 11) is 0. The Morgan fingerprint density at radius 3 is 1.77 bits per heavy atom. The molecule has 14 aromatic rings. The van der Waals surface area contributed by atoms with E-state index in [1.807, 2.05) is 6.07 Å². The minimum absolute atomic E-state index is 0.565. The fraction of sp³-hybridized carbons (Fsp3) is 0. The molecule has 302 valence electrons. The van der Waals surface area contributed by atoms with Crippen LogP contribution in [0, 0.1) is 0 Å². The molecule has 0 fully saturated rings. The number of aromatic nitrogens is 4. The molecular weight excluding hydrogens is 813 g/mol. The van der Waals surface area contributed by atoms with Crippen LogP contribution in [0.15, 0.2) is 211 Å². The average Bonchev–Trinajstić information content (AvgIpc) is 4.04. The molecule has 0 amide bonds. The van der Waals surface area contributed by atoms with Gasteiger partial charge in [-0.25, -0.2) is 15.0 Å². The molecule has 0 aliphatic heterocycles. The zero-order valence-corrected chi connectivity index (χ0v) is 35.6. The molecule has 0 saturated carbocycles. The summed E-state index contributed by atoms with van der Waals surface area (Å²) in [6, 6.07) is 73.3. The second-order valence-corrected chi connectivity index (χ2v) is 17.8. The topological polar surface area (TPSA) is 56.7 Å². The van der Waals surface area contributed by atoms with Crippen molar-refractivity contribution in [3.63, 3.8) is 0 Å². The molecule has 4 aromatic heterocycles. The molecule has 0 N–H and O–H groups in total. The van der Waals surface area contributed by atoms with Gasteiger partial charge in [-0.05, 0) is 87.3 Å². The number of benzene rings is 10. The van der Waals surface area contributed by atoms with E-state index >= 15 is 0 Å². The van der Waals surface area contributed by atoms with Crippen molar-refractivity contribution < 1.29 is 4.42 Å². The van der Waals surface area contributed by atoms with Crippen molar-refractivity contribution >= 4 is 96.8 Å². The zero-order valence-electron chi connectivity index (χ0n) is 34.7. The molecule has 65 heavy (non-hydrogen) atoms. The van der Waals surface area contributed by atoms with E-state index < -0.39 is 0 Å². The lowest BCUT2D eigenvalue weighted by molar-refractivity contribution is 0.669. The third-order valence-electron chi connectivity index (χ3n) is 13.0. The molecule has 0 unspecified atom stereocenters. The maximum absolute atomic E-state index is 6.95. The second-order valence-electron chi connectivity index (χ2n) is 16.8. The number of rotatable bonds is 5. The second kappa shape index (κ2) is 14.0. The van der Waals surface area contributed by atoms with Crippen molar-refractivity contribution in [2.75, 3.05) is 0 Å². The molecule has 0 bridgehead atoms. The molecule has 4 heterocycles. The number of para-hydroxylation sites is 1. The monoisotopic (exact) mass is 846 g/mol. The zero-order chi connectivity index (χ0) is 42.6. The number of furan rings is 1. The number of nitrogens with zero attached hydrogens (tertiary/aromatic N) is 4. The Morgan fingerprint density at radius 2 is 0.969 bits per heavy atom. The first-order chi connectivity index (χ1) is 32.2. The third-order valence-corrected chi connectivity index (χ3v) is 14.2. The highest BCUT2D eigenvalue weighted by Gasteiger charge is 2.23. The Morgan fingerprint density at radius 1 is 0.369 bits per heavy atom. The lowest BCUT2D eigenvalue weighted by atomic mass is 10.0. The van der Waals surface area contributed by atoms with Crippen molar-refractivity contribution in [2.24, 2.45) is 0 Å². The highest BCUT2D eigenvalue weighted by Crippen LogP contribution is 2.44. The van der Waals surface area contributed by atoms with Crippen LogP contribution in [0.4, 0.5) is 0 Å². The van der Waals surface area contributed by atoms with Gasteiger partial charge in [0.1, 0.15) is 11.2 Å². The van der Waals surface area contributed by atoms with Gasteiger partial charge in [0, 0.05) is 53.0 Å². The van der Waals surface area contributed by atoms with Crippen LogP contribution < -0.4 is 0 Å². The predicted octanol–water partition coefficient (Wildman–Crippen LogP) is 16.2. The molecule has 5 nitrogen and oxygen atoms in total. The number of fused-ring (bicyclic) bond motifs is 11. The van der Waals surface area contributed by atoms with Crippen LogP contribution >= 0.6 is 11.3 Å². The van der Waals surface area contributed by atoms with Gasteiger partial charge >= 0.3 is 0 Å². The van der Waals surface area contributed by atoms with Crippen LogP contribution in [0.5, 0.6) is 0 Å². The lowest BCUT2D eigenvalue weighted by Crippen LogP contribution is -2.02. The van der Waals surface area contributed by atoms with E-state index in [2.05, 4.69) is 205 Å². The molecule has 0 saturated heterocycles. The first-order valence-corrected chi connectivity index (χ1v) is 22.6. The van der Waals surface area contributed by atoms with Crippen LogP contribution in [-0.2, 0) is 0 Å². The van der Waals surface area contributed by atoms with Gasteiger partial charge in [0.25, 0.3) is 0 Å². The number of hydrogen-bond acceptors (Lipinski definition) is 5. The summed E-state index contributed by atoms with van der Waals surface area (Å²) in [4.78, 5) is 16.0. The summed E-state index contributed by atoms with van der Waals surface area (Å²) in [5.74, 6) is 1.79. The number of thiophene rings is 1. The Balaban J connectivity index is 1.07. The lowest BCUT2D eigenvalue weighted by Gasteiger charge is -2.14. The van der Waals surface area contributed by atoms with Gasteiger partial charge in [-0.1, -0.05) is 152 Å². The van der Waals surface area contributed by atoms with Gasteiger partial charge in [0.15, 0.2) is 17.5 Å². The van der Waals surface area contributed by atoms with Gasteiger partial charge in [-0.3, -0.25) is 0 Å². The fourth-order valence-electron chi connectivity index (χ4n) is 9.91. The van der Waals surface area contributed by atoms with Crippen molar-refractivity contribution in [1.82, 2.24) is 19.5 Å². The third kappa shape index (κ3) is 5.67. The molecule has 0 aliphatic carbocycles. The van der Waals surface area contributed by atoms with Crippen molar-refractivity contribution in [2.45, 2.75) is 0 Å². The molecule has 0 atom stereocenters. The average molecular weight is 847 g/mol. The van der Waals surface area contributed by atoms with E-state index in [1.54, 1.807) is 11.3 Å². The Hall–Kier alpha value is -8.45. The summed E-state index contributed by atoms with van der Waals surface area (Å²) in [6.07, 6.45) is 0. The molecule has 6 heteroatoms. The Labute approximate surface area is 376 Å². The van der Waals surface area contributed by atoms with E-state index in [4.69, 9.17) is 19.4 Å². The molecule has 0 aliphatic rings. The van der Waals surface area contributed by atoms with Gasteiger partial charge in [0.05, 0.1) is 22.1 Å². The summed E-state index contributed by atoms with van der Waals surface area (Å²) >= 11 is 1.78. The first-order valence-electron chi connectivity index (χ1n) is 21.8. The first kappa shape index (κ1) is 36.1. The highest BCUT2D eigenvalue weighted by atomic mass is 32.1. The van der Waals surface area contributed by atoms with Gasteiger partial charge < -0.3 is 8.98 Å². The van der Waals surface area contributed by atoms with Crippen LogP contribution in [0.25, 0.3) is 136 Å². The SMILES string of the molecule is c1ccc(-c2ccc(-c3nc(-c4cc(-n5c6ccccc6c6cc7ccccc7cc65)c5c(c4)oc4cc6ccccc6cc45)nc(-c4cccc5c4sc4ccccc45)n3)cc2)cc1. The van der Waals surface area contributed by atoms with Crippen molar-refractivity contribution in [3.8, 4) is 51.0 Å². The molecular formula is C59H34N4OS. The minimum Gasteiger partial charge on any atom is -0.456 e. The Kier molecular flexibility index (Phi) is 7.79. The molecule has 0 spiro atoms. The summed E-state index contributed by atoms with van der Waals surface area (Å²) in [6.45, 7) is 0. The molecule has 0 radical (unpaired) electrons. The summed E-state index contributed by atoms with van der Waals surface area (Å²) < 4.78 is 11.7. The molecule has 10 aromatic carbocycles. The van der Waals surface area contributed by atoms with E-state index in [0.717, 1.165) is 81.9 Å². The number of hydrogen-bond donors (Lipinski definition) is 0. The van der Waals surface area contributed by atoms with Crippen LogP contribution in [-0.4, -0.2) is 19.5 Å². The van der Waals surface area contributed by atoms with Crippen LogP contribution in [0.1, 0.15) is 0 Å². The summed E-state index contributed by atoms with van der Waals surface area (Å²) in [5.41, 5.74) is 9.81. The van der Waals surface area contributed by atoms with Crippen LogP contribution in [0.2, 0.25) is 0 Å². The largest absolute Gasteiger partial charge is 0.456 e. The van der Waals surface area contributed by atoms with E-state index in [1.165, 1.54) is 37.0 Å². The Bertz CT molecular complexity index is 4240. The normalized spacial score (nSPS) is 12.0. The smallest absolute Gasteiger partial charge is 0.165 e. The van der Waals surface area contributed by atoms with E-state index in [9.17, 15) is 0 Å². The van der Waals surface area contributed by atoms with Crippen molar-refractivity contribution in [1.29, 1.82) is 0 Å². The van der Waals surface area contributed by atoms with Gasteiger partial charge in [-0.2, -0.15) is 0 Å². The van der Waals surface area contributed by atoms with E-state index in [0.29, 0.717) is 17.5 Å². The standard InChI is InChI=1S/C59H34N4OS/c1-2-13-35(14-3-1)36-25-27-37(28-26-36)57-60-58(62-59(61-57)46-22-12-21-45-44-20-9-11-24-54(44)65-56(45)46)42-32-51(55-48-30-39-16-5-7-18-41(39)33-52(48)64-53(55)34-42)63-49-23-10-8-19-43(49)47-29-38-15-4-6-17-40(38)31-50(47)63/h1-34H. The highest BCUT2D eigenvalue weighted by molar-refractivity contribution is 7.26. The summed E-state index contributed by atoms with van der Waals surface area (Å²) in [5, 5.41) is 11.6. The predicted molar refractivity (Wildman–Crippen MR) is 271 cm³/mol. The minimum atomic E-state index is 0.565. The van der Waals surface area contributed by atoms with Crippen LogP contribution in [0.3, 0.4) is 0 Å². The maximum atomic E-state index is 6.95. The van der Waals surface area contributed by atoms with E-state index in [-0.39, 0.29) is 0 Å². The van der Waals surface area contributed by atoms with Gasteiger partial charge in [-0.15, -0.1) is 11.3 Å². The van der Waals surface area contributed by atoms with Gasteiger partial charge in [0.2, 0.25) is 0 Å². The van der Waals surface area contributed by atoms with Crippen molar-refractivity contribution in [3.05, 3.63) is 206 Å². The maximum Gasteiger partial charge on any atom is 0.165 e.